The minimum atomic E-state index is -0.349. The van der Waals surface area contributed by atoms with Gasteiger partial charge in [-0.15, -0.1) is 0 Å². The van der Waals surface area contributed by atoms with Gasteiger partial charge in [0.25, 0.3) is 0 Å². The van der Waals surface area contributed by atoms with Gasteiger partial charge in [0.2, 0.25) is 0 Å². The first kappa shape index (κ1) is 14.1. The lowest BCUT2D eigenvalue weighted by Gasteiger charge is -2.07. The van der Waals surface area contributed by atoms with Crippen molar-refractivity contribution in [2.24, 2.45) is 7.05 Å². The SMILES string of the molecule is Cc1cc(SNc2cccc(Cl)c2)cc2oc(=O)n(C)c12. The largest absolute Gasteiger partial charge is 0.419 e. The molecule has 0 bridgehead atoms. The van der Waals surface area contributed by atoms with Crippen molar-refractivity contribution in [1.82, 2.24) is 4.57 Å². The Bertz CT molecular complexity index is 870. The molecule has 0 fully saturated rings. The molecule has 0 spiro atoms. The minimum absolute atomic E-state index is 0.349. The Kier molecular flexibility index (Phi) is 3.69. The fourth-order valence-corrected chi connectivity index (χ4v) is 3.16. The number of rotatable bonds is 3. The molecule has 0 radical (unpaired) electrons. The lowest BCUT2D eigenvalue weighted by Crippen LogP contribution is -2.08. The van der Waals surface area contributed by atoms with Gasteiger partial charge < -0.3 is 9.14 Å². The van der Waals surface area contributed by atoms with Crippen molar-refractivity contribution in [2.75, 3.05) is 4.72 Å². The van der Waals surface area contributed by atoms with Crippen LogP contribution in [0.15, 0.2) is 50.5 Å². The van der Waals surface area contributed by atoms with E-state index in [1.165, 1.54) is 16.5 Å². The summed E-state index contributed by atoms with van der Waals surface area (Å²) in [7, 11) is 1.71. The molecule has 0 aliphatic carbocycles. The number of benzene rings is 2. The normalized spacial score (nSPS) is 11.0. The second kappa shape index (κ2) is 5.50. The maximum absolute atomic E-state index is 11.6. The number of halogens is 1. The summed E-state index contributed by atoms with van der Waals surface area (Å²) in [5, 5.41) is 0.682. The number of aromatic nitrogens is 1. The second-order valence-corrected chi connectivity index (χ2v) is 6.04. The second-order valence-electron chi connectivity index (χ2n) is 4.73. The molecule has 1 N–H and O–H groups in total. The van der Waals surface area contributed by atoms with E-state index in [-0.39, 0.29) is 5.76 Å². The molecule has 0 unspecified atom stereocenters. The first-order valence-corrected chi connectivity index (χ1v) is 7.52. The van der Waals surface area contributed by atoms with Crippen LogP contribution in [0, 0.1) is 6.92 Å². The molecule has 108 valence electrons. The van der Waals surface area contributed by atoms with Gasteiger partial charge in [0.1, 0.15) is 0 Å². The number of hydrogen-bond donors (Lipinski definition) is 1. The van der Waals surface area contributed by atoms with E-state index in [1.807, 2.05) is 43.3 Å². The predicted molar refractivity (Wildman–Crippen MR) is 87.1 cm³/mol. The molecule has 21 heavy (non-hydrogen) atoms. The van der Waals surface area contributed by atoms with Crippen LogP contribution in [0.4, 0.5) is 5.69 Å². The molecule has 2 aromatic carbocycles. The molecule has 0 atom stereocenters. The Balaban J connectivity index is 1.89. The molecule has 3 aromatic rings. The van der Waals surface area contributed by atoms with E-state index in [1.54, 1.807) is 7.05 Å². The Labute approximate surface area is 130 Å². The van der Waals surface area contributed by atoms with Gasteiger partial charge in [-0.1, -0.05) is 17.7 Å². The highest BCUT2D eigenvalue weighted by Gasteiger charge is 2.10. The van der Waals surface area contributed by atoms with Crippen LogP contribution >= 0.6 is 23.5 Å². The lowest BCUT2D eigenvalue weighted by molar-refractivity contribution is 0.527. The first-order valence-electron chi connectivity index (χ1n) is 6.33. The Morgan fingerprint density at radius 1 is 1.29 bits per heavy atom. The van der Waals surface area contributed by atoms with E-state index >= 15 is 0 Å². The summed E-state index contributed by atoms with van der Waals surface area (Å²) in [6, 6.07) is 11.4. The van der Waals surface area contributed by atoms with E-state index < -0.39 is 0 Å². The molecule has 0 amide bonds. The van der Waals surface area contributed by atoms with Crippen LogP contribution in [0.5, 0.6) is 0 Å². The number of nitrogens with zero attached hydrogens (tertiary/aromatic N) is 1. The maximum atomic E-state index is 11.6. The zero-order valence-electron chi connectivity index (χ0n) is 11.5. The zero-order chi connectivity index (χ0) is 15.0. The smallest absolute Gasteiger partial charge is 0.408 e. The molecule has 0 aliphatic rings. The van der Waals surface area contributed by atoms with Gasteiger partial charge >= 0.3 is 5.76 Å². The quantitative estimate of drug-likeness (QED) is 0.734. The molecule has 4 nitrogen and oxygen atoms in total. The highest BCUT2D eigenvalue weighted by Crippen LogP contribution is 2.28. The number of nitrogens with one attached hydrogen (secondary N) is 1. The highest BCUT2D eigenvalue weighted by molar-refractivity contribution is 8.00. The van der Waals surface area contributed by atoms with E-state index in [9.17, 15) is 4.79 Å². The Morgan fingerprint density at radius 2 is 2.10 bits per heavy atom. The van der Waals surface area contributed by atoms with Crippen molar-refractivity contribution in [1.29, 1.82) is 0 Å². The molecular formula is C15H13ClN2O2S. The number of anilines is 1. The summed E-state index contributed by atoms with van der Waals surface area (Å²) < 4.78 is 9.97. The highest BCUT2D eigenvalue weighted by atomic mass is 35.5. The zero-order valence-corrected chi connectivity index (χ0v) is 13.1. The summed E-state index contributed by atoms with van der Waals surface area (Å²) in [6.07, 6.45) is 0. The average molecular weight is 321 g/mol. The maximum Gasteiger partial charge on any atom is 0.419 e. The molecule has 0 aliphatic heterocycles. The van der Waals surface area contributed by atoms with Gasteiger partial charge in [-0.3, -0.25) is 4.57 Å². The number of hydrogen-bond acceptors (Lipinski definition) is 4. The number of oxazole rings is 1. The van der Waals surface area contributed by atoms with Crippen molar-refractivity contribution in [2.45, 2.75) is 11.8 Å². The molecular weight excluding hydrogens is 308 g/mol. The third-order valence-corrected chi connectivity index (χ3v) is 4.20. The van der Waals surface area contributed by atoms with Crippen LogP contribution in [0.3, 0.4) is 0 Å². The van der Waals surface area contributed by atoms with Gasteiger partial charge in [0.05, 0.1) is 5.52 Å². The third-order valence-electron chi connectivity index (χ3n) is 3.16. The fourth-order valence-electron chi connectivity index (χ4n) is 2.21. The fraction of sp³-hybridized carbons (Fsp3) is 0.133. The lowest BCUT2D eigenvalue weighted by atomic mass is 10.2. The van der Waals surface area contributed by atoms with E-state index in [0.717, 1.165) is 21.7 Å². The number of aryl methyl sites for hydroxylation is 2. The topological polar surface area (TPSA) is 47.2 Å². The molecule has 3 rings (SSSR count). The van der Waals surface area contributed by atoms with Crippen LogP contribution < -0.4 is 10.5 Å². The van der Waals surface area contributed by atoms with Crippen LogP contribution in [0.25, 0.3) is 11.1 Å². The van der Waals surface area contributed by atoms with Crippen molar-refractivity contribution in [3.8, 4) is 0 Å². The van der Waals surface area contributed by atoms with Gasteiger partial charge in [-0.05, 0) is 54.8 Å². The van der Waals surface area contributed by atoms with Crippen LogP contribution in [0.2, 0.25) is 5.02 Å². The average Bonchev–Trinajstić information content (AvgIpc) is 2.72. The summed E-state index contributed by atoms with van der Waals surface area (Å²) >= 11 is 7.39. The van der Waals surface area contributed by atoms with Gasteiger partial charge in [0.15, 0.2) is 5.58 Å². The van der Waals surface area contributed by atoms with Crippen LogP contribution in [0.1, 0.15) is 5.56 Å². The summed E-state index contributed by atoms with van der Waals surface area (Å²) in [5.41, 5.74) is 3.33. The van der Waals surface area contributed by atoms with E-state index in [4.69, 9.17) is 16.0 Å². The Morgan fingerprint density at radius 3 is 2.86 bits per heavy atom. The monoisotopic (exact) mass is 320 g/mol. The van der Waals surface area contributed by atoms with Crippen molar-refractivity contribution in [3.63, 3.8) is 0 Å². The standard InChI is InChI=1S/C15H13ClN2O2S/c1-9-6-12(8-13-14(9)18(2)15(19)20-13)21-17-11-5-3-4-10(16)7-11/h3-8,17H,1-2H3. The minimum Gasteiger partial charge on any atom is -0.408 e. The molecule has 0 saturated carbocycles. The molecule has 1 heterocycles. The summed E-state index contributed by atoms with van der Waals surface area (Å²) in [6.45, 7) is 1.96. The number of fused-ring (bicyclic) bond motifs is 1. The van der Waals surface area contributed by atoms with Gasteiger partial charge in [-0.25, -0.2) is 4.79 Å². The van der Waals surface area contributed by atoms with Crippen molar-refractivity contribution < 1.29 is 4.42 Å². The van der Waals surface area contributed by atoms with E-state index in [0.29, 0.717) is 10.6 Å². The summed E-state index contributed by atoms with van der Waals surface area (Å²) in [4.78, 5) is 12.5. The van der Waals surface area contributed by atoms with Gasteiger partial charge in [-0.2, -0.15) is 0 Å². The van der Waals surface area contributed by atoms with Crippen LogP contribution in [-0.2, 0) is 7.05 Å². The van der Waals surface area contributed by atoms with Crippen molar-refractivity contribution in [3.05, 3.63) is 57.5 Å². The molecule has 1 aromatic heterocycles. The van der Waals surface area contributed by atoms with Gasteiger partial charge in [0, 0.05) is 22.7 Å². The van der Waals surface area contributed by atoms with E-state index in [2.05, 4.69) is 4.72 Å². The predicted octanol–water partition coefficient (Wildman–Crippen LogP) is 4.21. The molecule has 0 saturated heterocycles. The van der Waals surface area contributed by atoms with Crippen LogP contribution in [-0.4, -0.2) is 4.57 Å². The summed E-state index contributed by atoms with van der Waals surface area (Å²) in [5.74, 6) is -0.349. The third kappa shape index (κ3) is 2.80. The Hall–Kier alpha value is -1.85. The molecule has 6 heteroatoms. The first-order chi connectivity index (χ1) is 10.0. The van der Waals surface area contributed by atoms with Crippen molar-refractivity contribution >= 4 is 40.3 Å².